The molecule has 0 N–H and O–H groups in total. The molecule has 0 unspecified atom stereocenters. The molecule has 0 spiro atoms. The van der Waals surface area contributed by atoms with E-state index in [9.17, 15) is 8.42 Å². The summed E-state index contributed by atoms with van der Waals surface area (Å²) in [4.78, 5) is 0. The van der Waals surface area contributed by atoms with Crippen LogP contribution >= 0.6 is 0 Å². The van der Waals surface area contributed by atoms with Crippen LogP contribution in [0.3, 0.4) is 0 Å². The summed E-state index contributed by atoms with van der Waals surface area (Å²) in [7, 11) is -3.50. The Hall–Kier alpha value is -0.390. The van der Waals surface area contributed by atoms with Crippen LogP contribution < -0.4 is 0 Å². The summed E-state index contributed by atoms with van der Waals surface area (Å²) < 4.78 is 34.0. The highest BCUT2D eigenvalue weighted by Crippen LogP contribution is 2.39. The quantitative estimate of drug-likeness (QED) is 0.572. The number of ether oxygens (including phenoxy) is 1. The first-order valence-electron chi connectivity index (χ1n) is 6.27. The summed E-state index contributed by atoms with van der Waals surface area (Å²) >= 11 is 0. The van der Waals surface area contributed by atoms with Crippen LogP contribution in [0.2, 0.25) is 0 Å². The normalized spacial score (nSPS) is 29.8. The fourth-order valence-corrected chi connectivity index (χ4v) is 3.28. The van der Waals surface area contributed by atoms with E-state index >= 15 is 0 Å². The second-order valence-electron chi connectivity index (χ2n) is 5.84. The maximum absolute atomic E-state index is 11.4. The molecule has 18 heavy (non-hydrogen) atoms. The molecule has 1 heterocycles. The molecule has 2 atom stereocenters. The van der Waals surface area contributed by atoms with E-state index < -0.39 is 21.8 Å². The minimum atomic E-state index is -3.50. The smallest absolute Gasteiger partial charge is 0.264 e. The van der Waals surface area contributed by atoms with Gasteiger partial charge in [-0.2, -0.15) is 8.42 Å². The predicted octanol–water partition coefficient (Wildman–Crippen LogP) is 2.65. The second-order valence-corrected chi connectivity index (χ2v) is 7.44. The second kappa shape index (κ2) is 5.31. The van der Waals surface area contributed by atoms with Gasteiger partial charge in [0.1, 0.15) is 6.10 Å². The predicted molar refractivity (Wildman–Crippen MR) is 72.0 cm³/mol. The number of hydrogen-bond donors (Lipinski definition) is 0. The molecule has 1 saturated heterocycles. The lowest BCUT2D eigenvalue weighted by atomic mass is 9.83. The fourth-order valence-electron chi connectivity index (χ4n) is 2.58. The first-order valence-corrected chi connectivity index (χ1v) is 8.09. The molecule has 1 fully saturated rings. The molecular formula is C13H24O4S. The van der Waals surface area contributed by atoms with Crippen molar-refractivity contribution in [3.8, 4) is 0 Å². The van der Waals surface area contributed by atoms with Gasteiger partial charge in [-0.05, 0) is 46.5 Å². The fraction of sp³-hybridized carbons (Fsp3) is 0.846. The average Bonchev–Trinajstić information content (AvgIpc) is 2.12. The van der Waals surface area contributed by atoms with Crippen molar-refractivity contribution in [3.05, 3.63) is 12.7 Å². The van der Waals surface area contributed by atoms with Gasteiger partial charge in [0, 0.05) is 0 Å². The van der Waals surface area contributed by atoms with Gasteiger partial charge >= 0.3 is 0 Å². The van der Waals surface area contributed by atoms with Crippen LogP contribution in [-0.4, -0.2) is 32.0 Å². The Morgan fingerprint density at radius 1 is 1.39 bits per heavy atom. The van der Waals surface area contributed by atoms with Crippen molar-refractivity contribution in [2.45, 2.75) is 63.8 Å². The van der Waals surface area contributed by atoms with Crippen molar-refractivity contribution in [2.75, 3.05) is 6.26 Å². The van der Waals surface area contributed by atoms with E-state index in [2.05, 4.69) is 6.58 Å². The Morgan fingerprint density at radius 3 is 2.44 bits per heavy atom. The molecule has 1 aliphatic heterocycles. The Morgan fingerprint density at radius 2 is 2.00 bits per heavy atom. The summed E-state index contributed by atoms with van der Waals surface area (Å²) in [5.41, 5.74) is -0.827. The van der Waals surface area contributed by atoms with Gasteiger partial charge in [-0.1, -0.05) is 6.08 Å². The van der Waals surface area contributed by atoms with E-state index in [4.69, 9.17) is 8.92 Å². The van der Waals surface area contributed by atoms with Gasteiger partial charge in [0.05, 0.1) is 17.5 Å². The Bertz CT molecular complexity index is 399. The minimum Gasteiger partial charge on any atom is -0.367 e. The molecule has 5 heteroatoms. The maximum Gasteiger partial charge on any atom is 0.264 e. The van der Waals surface area contributed by atoms with Crippen LogP contribution in [-0.2, 0) is 19.0 Å². The molecule has 4 nitrogen and oxygen atoms in total. The van der Waals surface area contributed by atoms with Crippen molar-refractivity contribution in [3.63, 3.8) is 0 Å². The van der Waals surface area contributed by atoms with Gasteiger partial charge in [0.25, 0.3) is 10.1 Å². The van der Waals surface area contributed by atoms with Crippen LogP contribution in [0.1, 0.15) is 46.5 Å². The first kappa shape index (κ1) is 15.7. The number of rotatable bonds is 5. The van der Waals surface area contributed by atoms with E-state index in [1.165, 1.54) is 0 Å². The Kier molecular flexibility index (Phi) is 4.62. The molecule has 0 aromatic rings. The molecule has 0 saturated carbocycles. The van der Waals surface area contributed by atoms with Crippen molar-refractivity contribution >= 4 is 10.1 Å². The highest BCUT2D eigenvalue weighted by Gasteiger charge is 2.44. The van der Waals surface area contributed by atoms with Gasteiger partial charge in [0.2, 0.25) is 0 Å². The van der Waals surface area contributed by atoms with E-state index in [0.717, 1.165) is 25.5 Å². The van der Waals surface area contributed by atoms with Gasteiger partial charge in [0.15, 0.2) is 0 Å². The topological polar surface area (TPSA) is 52.6 Å². The third-order valence-corrected chi connectivity index (χ3v) is 3.90. The summed E-state index contributed by atoms with van der Waals surface area (Å²) in [5.74, 6) is 0. The minimum absolute atomic E-state index is 0.243. The largest absolute Gasteiger partial charge is 0.367 e. The van der Waals surface area contributed by atoms with Crippen LogP contribution in [0.5, 0.6) is 0 Å². The van der Waals surface area contributed by atoms with Crippen molar-refractivity contribution in [2.24, 2.45) is 0 Å². The number of hydrogen-bond acceptors (Lipinski definition) is 4. The lowest BCUT2D eigenvalue weighted by molar-refractivity contribution is -0.200. The van der Waals surface area contributed by atoms with Gasteiger partial charge in [-0.3, -0.25) is 4.18 Å². The third kappa shape index (κ3) is 4.37. The summed E-state index contributed by atoms with van der Waals surface area (Å²) in [6.45, 7) is 9.63. The van der Waals surface area contributed by atoms with E-state index in [0.29, 0.717) is 6.42 Å². The highest BCUT2D eigenvalue weighted by atomic mass is 32.2. The molecule has 0 amide bonds. The average molecular weight is 276 g/mol. The van der Waals surface area contributed by atoms with E-state index in [1.807, 2.05) is 20.8 Å². The summed E-state index contributed by atoms with van der Waals surface area (Å²) in [6, 6.07) is 0. The van der Waals surface area contributed by atoms with Crippen molar-refractivity contribution in [1.82, 2.24) is 0 Å². The lowest BCUT2D eigenvalue weighted by Crippen LogP contribution is -2.52. The Balaban J connectivity index is 2.92. The van der Waals surface area contributed by atoms with E-state index in [1.54, 1.807) is 6.08 Å². The zero-order valence-electron chi connectivity index (χ0n) is 11.7. The van der Waals surface area contributed by atoms with Gasteiger partial charge < -0.3 is 4.74 Å². The summed E-state index contributed by atoms with van der Waals surface area (Å²) in [6.07, 6.45) is 5.47. The van der Waals surface area contributed by atoms with Crippen molar-refractivity contribution < 1.29 is 17.3 Å². The maximum atomic E-state index is 11.4. The molecule has 0 radical (unpaired) electrons. The molecule has 0 aromatic heterocycles. The molecule has 1 rings (SSSR count). The van der Waals surface area contributed by atoms with E-state index in [-0.39, 0.29) is 5.60 Å². The molecule has 0 aromatic carbocycles. The van der Waals surface area contributed by atoms with Crippen LogP contribution in [0.25, 0.3) is 0 Å². The third-order valence-electron chi connectivity index (χ3n) is 3.31. The first-order chi connectivity index (χ1) is 8.08. The van der Waals surface area contributed by atoms with Crippen LogP contribution in [0.15, 0.2) is 12.7 Å². The molecule has 106 valence electrons. The molecule has 0 bridgehead atoms. The molecular weight excluding hydrogens is 252 g/mol. The highest BCUT2D eigenvalue weighted by molar-refractivity contribution is 7.86. The van der Waals surface area contributed by atoms with Crippen molar-refractivity contribution in [1.29, 1.82) is 0 Å². The van der Waals surface area contributed by atoms with Gasteiger partial charge in [-0.15, -0.1) is 6.58 Å². The summed E-state index contributed by atoms with van der Waals surface area (Å²) in [5, 5.41) is 0. The van der Waals surface area contributed by atoms with Crippen LogP contribution in [0, 0.1) is 0 Å². The molecule has 1 aliphatic rings. The standard InChI is InChI=1S/C13H24O4S/c1-6-8-11(16-18(5,14)15)13(4)10-7-9-12(2,3)17-13/h6,11H,1,7-10H2,2-5H3/t11-,13+/m1/s1. The van der Waals surface area contributed by atoms with Gasteiger partial charge in [-0.25, -0.2) is 0 Å². The lowest BCUT2D eigenvalue weighted by Gasteiger charge is -2.46. The SMILES string of the molecule is C=CC[C@@H](OS(C)(=O)=O)[C@]1(C)CCCC(C)(C)O1. The zero-order chi connectivity index (χ0) is 14.0. The molecule has 0 aliphatic carbocycles. The Labute approximate surface area is 110 Å². The van der Waals surface area contributed by atoms with Crippen LogP contribution in [0.4, 0.5) is 0 Å². The monoisotopic (exact) mass is 276 g/mol. The zero-order valence-corrected chi connectivity index (χ0v) is 12.5.